The summed E-state index contributed by atoms with van der Waals surface area (Å²) in [5.41, 5.74) is 1.11. The third kappa shape index (κ3) is 3.26. The van der Waals surface area contributed by atoms with E-state index in [2.05, 4.69) is 4.90 Å². The lowest BCUT2D eigenvalue weighted by Gasteiger charge is -2.33. The first-order valence-electron chi connectivity index (χ1n) is 6.70. The second kappa shape index (κ2) is 6.57. The second-order valence-electron chi connectivity index (χ2n) is 4.82. The molecule has 1 saturated heterocycles. The van der Waals surface area contributed by atoms with Crippen LogP contribution in [0, 0.1) is 0 Å². The normalized spacial score (nSPS) is 20.0. The van der Waals surface area contributed by atoms with E-state index < -0.39 is 0 Å². The second-order valence-corrected chi connectivity index (χ2v) is 4.82. The molecule has 0 saturated carbocycles. The maximum absolute atomic E-state index is 11.8. The van der Waals surface area contributed by atoms with Gasteiger partial charge in [0.15, 0.2) is 0 Å². The number of hydrogen-bond donors (Lipinski definition) is 0. The first-order chi connectivity index (χ1) is 9.26. The Labute approximate surface area is 114 Å². The van der Waals surface area contributed by atoms with E-state index in [1.165, 1.54) is 7.11 Å². The summed E-state index contributed by atoms with van der Waals surface area (Å²) in [6, 6.07) is 7.82. The molecule has 1 aliphatic rings. The number of ether oxygens (including phenoxy) is 2. The van der Waals surface area contributed by atoms with Gasteiger partial charge in [-0.05, 0) is 25.5 Å². The molecule has 4 nitrogen and oxygen atoms in total. The standard InChI is InChI=1S/C15H21NO3/c1-18-14-9-4-3-7-12(14)11-16-10-6-5-8-13(16)15(17)19-2/h3-4,7,9,13H,5-6,8,10-11H2,1-2H3/t13-/m1/s1. The van der Waals surface area contributed by atoms with Crippen molar-refractivity contribution >= 4 is 5.97 Å². The summed E-state index contributed by atoms with van der Waals surface area (Å²) in [4.78, 5) is 14.0. The molecule has 4 heteroatoms. The number of methoxy groups -OCH3 is 2. The van der Waals surface area contributed by atoms with Gasteiger partial charge in [0.2, 0.25) is 0 Å². The minimum Gasteiger partial charge on any atom is -0.496 e. The summed E-state index contributed by atoms with van der Waals surface area (Å²) in [7, 11) is 3.13. The first kappa shape index (κ1) is 13.9. The molecule has 0 unspecified atom stereocenters. The van der Waals surface area contributed by atoms with E-state index in [9.17, 15) is 4.79 Å². The van der Waals surface area contributed by atoms with Gasteiger partial charge in [0.05, 0.1) is 14.2 Å². The Morgan fingerprint density at radius 1 is 1.32 bits per heavy atom. The summed E-state index contributed by atoms with van der Waals surface area (Å²) in [6.07, 6.45) is 3.09. The van der Waals surface area contributed by atoms with E-state index in [1.54, 1.807) is 7.11 Å². The number of esters is 1. The smallest absolute Gasteiger partial charge is 0.323 e. The van der Waals surface area contributed by atoms with Crippen LogP contribution in [0.5, 0.6) is 5.75 Å². The lowest BCUT2D eigenvalue weighted by molar-refractivity contribution is -0.148. The molecule has 0 N–H and O–H groups in total. The van der Waals surface area contributed by atoms with Gasteiger partial charge in [-0.15, -0.1) is 0 Å². The van der Waals surface area contributed by atoms with E-state index >= 15 is 0 Å². The zero-order valence-corrected chi connectivity index (χ0v) is 11.6. The fourth-order valence-corrected chi connectivity index (χ4v) is 2.64. The van der Waals surface area contributed by atoms with Gasteiger partial charge in [-0.25, -0.2) is 0 Å². The van der Waals surface area contributed by atoms with Crippen molar-refractivity contribution in [3.8, 4) is 5.75 Å². The maximum atomic E-state index is 11.8. The van der Waals surface area contributed by atoms with Gasteiger partial charge in [-0.3, -0.25) is 9.69 Å². The minimum atomic E-state index is -0.130. The maximum Gasteiger partial charge on any atom is 0.323 e. The van der Waals surface area contributed by atoms with Gasteiger partial charge in [0.25, 0.3) is 0 Å². The van der Waals surface area contributed by atoms with Crippen molar-refractivity contribution in [3.05, 3.63) is 29.8 Å². The Kier molecular flexibility index (Phi) is 4.80. The zero-order valence-electron chi connectivity index (χ0n) is 11.6. The average molecular weight is 263 g/mol. The molecule has 1 atom stereocenters. The SMILES string of the molecule is COC(=O)[C@H]1CCCCN1Cc1ccccc1OC. The van der Waals surface area contributed by atoms with Crippen molar-refractivity contribution in [1.82, 2.24) is 4.90 Å². The molecule has 2 rings (SSSR count). The molecule has 0 bridgehead atoms. The summed E-state index contributed by atoms with van der Waals surface area (Å²) >= 11 is 0. The Morgan fingerprint density at radius 2 is 2.11 bits per heavy atom. The zero-order chi connectivity index (χ0) is 13.7. The molecule has 1 aromatic carbocycles. The number of nitrogens with zero attached hydrogens (tertiary/aromatic N) is 1. The Hall–Kier alpha value is -1.55. The molecule has 104 valence electrons. The molecular weight excluding hydrogens is 242 g/mol. The van der Waals surface area contributed by atoms with Gasteiger partial charge in [0.1, 0.15) is 11.8 Å². The topological polar surface area (TPSA) is 38.8 Å². The van der Waals surface area contributed by atoms with Gasteiger partial charge in [0, 0.05) is 12.1 Å². The Balaban J connectivity index is 2.13. The van der Waals surface area contributed by atoms with Gasteiger partial charge in [-0.1, -0.05) is 24.6 Å². The molecule has 0 spiro atoms. The highest BCUT2D eigenvalue weighted by Crippen LogP contribution is 2.24. The molecule has 1 aliphatic heterocycles. The number of carbonyl (C=O) groups is 1. The van der Waals surface area contributed by atoms with Crippen LogP contribution in [-0.4, -0.2) is 37.7 Å². The van der Waals surface area contributed by atoms with Crippen LogP contribution in [0.15, 0.2) is 24.3 Å². The summed E-state index contributed by atoms with van der Waals surface area (Å²) in [6.45, 7) is 1.65. The largest absolute Gasteiger partial charge is 0.496 e. The lowest BCUT2D eigenvalue weighted by atomic mass is 10.0. The fraction of sp³-hybridized carbons (Fsp3) is 0.533. The highest BCUT2D eigenvalue weighted by molar-refractivity contribution is 5.75. The van der Waals surface area contributed by atoms with Crippen LogP contribution in [0.3, 0.4) is 0 Å². The summed E-state index contributed by atoms with van der Waals surface area (Å²) in [5, 5.41) is 0. The highest BCUT2D eigenvalue weighted by atomic mass is 16.5. The first-order valence-corrected chi connectivity index (χ1v) is 6.70. The van der Waals surface area contributed by atoms with Crippen molar-refractivity contribution in [2.24, 2.45) is 0 Å². The van der Waals surface area contributed by atoms with Crippen LogP contribution in [-0.2, 0) is 16.1 Å². The van der Waals surface area contributed by atoms with Gasteiger partial charge in [-0.2, -0.15) is 0 Å². The minimum absolute atomic E-state index is 0.122. The molecule has 0 radical (unpaired) electrons. The van der Waals surface area contributed by atoms with Crippen LogP contribution in [0.2, 0.25) is 0 Å². The molecular formula is C15H21NO3. The van der Waals surface area contributed by atoms with Crippen LogP contribution >= 0.6 is 0 Å². The van der Waals surface area contributed by atoms with E-state index in [4.69, 9.17) is 9.47 Å². The number of rotatable bonds is 4. The summed E-state index contributed by atoms with van der Waals surface area (Å²) in [5.74, 6) is 0.742. The predicted octanol–water partition coefficient (Wildman–Crippen LogP) is 2.22. The summed E-state index contributed by atoms with van der Waals surface area (Å²) < 4.78 is 10.3. The number of carbonyl (C=O) groups excluding carboxylic acids is 1. The van der Waals surface area contributed by atoms with Crippen molar-refractivity contribution in [2.45, 2.75) is 31.8 Å². The molecule has 0 amide bonds. The van der Waals surface area contributed by atoms with Crippen molar-refractivity contribution in [3.63, 3.8) is 0 Å². The molecule has 1 fully saturated rings. The van der Waals surface area contributed by atoms with Crippen molar-refractivity contribution in [1.29, 1.82) is 0 Å². The quantitative estimate of drug-likeness (QED) is 0.781. The number of para-hydroxylation sites is 1. The molecule has 1 aromatic rings. The Morgan fingerprint density at radius 3 is 2.84 bits per heavy atom. The van der Waals surface area contributed by atoms with E-state index in [0.29, 0.717) is 0 Å². The van der Waals surface area contributed by atoms with E-state index in [0.717, 1.165) is 43.7 Å². The van der Waals surface area contributed by atoms with Crippen LogP contribution in [0.25, 0.3) is 0 Å². The van der Waals surface area contributed by atoms with Gasteiger partial charge < -0.3 is 9.47 Å². The third-order valence-corrected chi connectivity index (χ3v) is 3.65. The van der Waals surface area contributed by atoms with E-state index in [1.807, 2.05) is 24.3 Å². The average Bonchev–Trinajstić information content (AvgIpc) is 2.47. The van der Waals surface area contributed by atoms with Crippen molar-refractivity contribution in [2.75, 3.05) is 20.8 Å². The fourth-order valence-electron chi connectivity index (χ4n) is 2.64. The van der Waals surface area contributed by atoms with E-state index in [-0.39, 0.29) is 12.0 Å². The number of benzene rings is 1. The number of likely N-dealkylation sites (tertiary alicyclic amines) is 1. The lowest BCUT2D eigenvalue weighted by Crippen LogP contribution is -2.44. The van der Waals surface area contributed by atoms with Crippen LogP contribution < -0.4 is 4.74 Å². The molecule has 19 heavy (non-hydrogen) atoms. The number of hydrogen-bond acceptors (Lipinski definition) is 4. The molecule has 0 aliphatic carbocycles. The number of piperidine rings is 1. The Bertz CT molecular complexity index is 433. The molecule has 0 aromatic heterocycles. The molecule has 1 heterocycles. The van der Waals surface area contributed by atoms with Crippen LogP contribution in [0.1, 0.15) is 24.8 Å². The highest BCUT2D eigenvalue weighted by Gasteiger charge is 2.29. The van der Waals surface area contributed by atoms with Gasteiger partial charge >= 0.3 is 5.97 Å². The van der Waals surface area contributed by atoms with Crippen LogP contribution in [0.4, 0.5) is 0 Å². The third-order valence-electron chi connectivity index (χ3n) is 3.65. The van der Waals surface area contributed by atoms with Crippen molar-refractivity contribution < 1.29 is 14.3 Å². The predicted molar refractivity (Wildman–Crippen MR) is 73.1 cm³/mol. The monoisotopic (exact) mass is 263 g/mol.